The van der Waals surface area contributed by atoms with Crippen LogP contribution < -0.4 is 5.32 Å². The summed E-state index contributed by atoms with van der Waals surface area (Å²) < 4.78 is 16.0. The van der Waals surface area contributed by atoms with Crippen LogP contribution in [0.4, 0.5) is 0 Å². The lowest BCUT2D eigenvalue weighted by Crippen LogP contribution is -2.40. The number of likely N-dealkylation sites (N-methyl/N-ethyl adjacent to an activating group) is 1. The third kappa shape index (κ3) is 5.65. The van der Waals surface area contributed by atoms with Gasteiger partial charge in [0.2, 0.25) is 0 Å². The van der Waals surface area contributed by atoms with E-state index in [1.54, 1.807) is 14.2 Å². The third-order valence-electron chi connectivity index (χ3n) is 3.88. The van der Waals surface area contributed by atoms with Crippen LogP contribution in [0, 0.1) is 5.92 Å². The van der Waals surface area contributed by atoms with E-state index in [4.69, 9.17) is 14.2 Å². The van der Waals surface area contributed by atoms with Gasteiger partial charge in [-0.3, -0.25) is 0 Å². The van der Waals surface area contributed by atoms with E-state index in [1.807, 2.05) is 7.05 Å². The van der Waals surface area contributed by atoms with Gasteiger partial charge in [0.1, 0.15) is 0 Å². The zero-order valence-corrected chi connectivity index (χ0v) is 12.1. The highest BCUT2D eigenvalue weighted by atomic mass is 16.7. The van der Waals surface area contributed by atoms with Crippen molar-refractivity contribution in [2.75, 3.05) is 34.5 Å². The summed E-state index contributed by atoms with van der Waals surface area (Å²) in [7, 11) is 5.36. The Labute approximate surface area is 111 Å². The predicted octanol–water partition coefficient (Wildman–Crippen LogP) is 2.18. The molecule has 0 radical (unpaired) electrons. The molecule has 0 saturated carbocycles. The van der Waals surface area contributed by atoms with Crippen molar-refractivity contribution in [2.45, 2.75) is 50.9 Å². The van der Waals surface area contributed by atoms with E-state index in [0.717, 1.165) is 25.6 Å². The first-order valence-electron chi connectivity index (χ1n) is 7.12. The van der Waals surface area contributed by atoms with E-state index in [2.05, 4.69) is 5.32 Å². The van der Waals surface area contributed by atoms with Crippen LogP contribution >= 0.6 is 0 Å². The SMILES string of the molecule is CNC(CCCCC1CCOCC1)C(OC)OC. The van der Waals surface area contributed by atoms with Gasteiger partial charge in [-0.05, 0) is 32.2 Å². The van der Waals surface area contributed by atoms with E-state index in [-0.39, 0.29) is 12.3 Å². The van der Waals surface area contributed by atoms with Gasteiger partial charge in [0.25, 0.3) is 0 Å². The molecule has 4 heteroatoms. The normalized spacial score (nSPS) is 19.3. The highest BCUT2D eigenvalue weighted by Gasteiger charge is 2.19. The second kappa shape index (κ2) is 9.73. The Morgan fingerprint density at radius 3 is 2.39 bits per heavy atom. The highest BCUT2D eigenvalue weighted by molar-refractivity contribution is 4.70. The van der Waals surface area contributed by atoms with Crippen molar-refractivity contribution in [3.63, 3.8) is 0 Å². The van der Waals surface area contributed by atoms with Crippen LogP contribution in [0.1, 0.15) is 38.5 Å². The minimum atomic E-state index is -0.141. The summed E-state index contributed by atoms with van der Waals surface area (Å²) in [6, 6.07) is 0.287. The van der Waals surface area contributed by atoms with E-state index in [1.165, 1.54) is 32.1 Å². The first-order chi connectivity index (χ1) is 8.81. The van der Waals surface area contributed by atoms with Crippen molar-refractivity contribution in [1.29, 1.82) is 0 Å². The van der Waals surface area contributed by atoms with Crippen molar-refractivity contribution in [1.82, 2.24) is 5.32 Å². The Morgan fingerprint density at radius 2 is 1.83 bits per heavy atom. The molecule has 1 fully saturated rings. The Kier molecular flexibility index (Phi) is 8.59. The number of methoxy groups -OCH3 is 2. The van der Waals surface area contributed by atoms with E-state index in [0.29, 0.717) is 0 Å². The van der Waals surface area contributed by atoms with Crippen LogP contribution in [0.25, 0.3) is 0 Å². The number of hydrogen-bond acceptors (Lipinski definition) is 4. The van der Waals surface area contributed by atoms with Crippen molar-refractivity contribution in [2.24, 2.45) is 5.92 Å². The summed E-state index contributed by atoms with van der Waals surface area (Å²) in [5.74, 6) is 0.882. The lowest BCUT2D eigenvalue weighted by Gasteiger charge is -2.25. The molecule has 0 aliphatic carbocycles. The molecule has 0 bridgehead atoms. The molecule has 4 nitrogen and oxygen atoms in total. The van der Waals surface area contributed by atoms with Crippen molar-refractivity contribution >= 4 is 0 Å². The molecule has 1 atom stereocenters. The zero-order chi connectivity index (χ0) is 13.2. The van der Waals surface area contributed by atoms with Crippen LogP contribution in [0.15, 0.2) is 0 Å². The van der Waals surface area contributed by atoms with Crippen LogP contribution in [-0.4, -0.2) is 46.8 Å². The molecule has 1 unspecified atom stereocenters. The van der Waals surface area contributed by atoms with Crippen LogP contribution in [-0.2, 0) is 14.2 Å². The number of ether oxygens (including phenoxy) is 3. The lowest BCUT2D eigenvalue weighted by molar-refractivity contribution is -0.123. The molecule has 1 rings (SSSR count). The quantitative estimate of drug-likeness (QED) is 0.509. The second-order valence-electron chi connectivity index (χ2n) is 5.08. The van der Waals surface area contributed by atoms with Gasteiger partial charge in [0.05, 0.1) is 6.04 Å². The van der Waals surface area contributed by atoms with E-state index in [9.17, 15) is 0 Å². The van der Waals surface area contributed by atoms with Crippen LogP contribution in [0.3, 0.4) is 0 Å². The molecule has 1 aliphatic rings. The van der Waals surface area contributed by atoms with Crippen LogP contribution in [0.5, 0.6) is 0 Å². The molecule has 0 aromatic rings. The lowest BCUT2D eigenvalue weighted by atomic mass is 9.93. The van der Waals surface area contributed by atoms with Crippen molar-refractivity contribution in [3.05, 3.63) is 0 Å². The maximum atomic E-state index is 5.38. The Morgan fingerprint density at radius 1 is 1.17 bits per heavy atom. The molecule has 0 aromatic heterocycles. The van der Waals surface area contributed by atoms with Crippen molar-refractivity contribution < 1.29 is 14.2 Å². The summed E-state index contributed by atoms with van der Waals surface area (Å²) in [6.45, 7) is 1.92. The van der Waals surface area contributed by atoms with Gasteiger partial charge in [-0.2, -0.15) is 0 Å². The molecule has 1 saturated heterocycles. The number of rotatable bonds is 9. The Balaban J connectivity index is 2.10. The Bertz CT molecular complexity index is 191. The average molecular weight is 259 g/mol. The van der Waals surface area contributed by atoms with E-state index >= 15 is 0 Å². The van der Waals surface area contributed by atoms with Crippen LogP contribution in [0.2, 0.25) is 0 Å². The van der Waals surface area contributed by atoms with Gasteiger partial charge in [-0.1, -0.05) is 19.3 Å². The molecular weight excluding hydrogens is 230 g/mol. The maximum absolute atomic E-state index is 5.38. The van der Waals surface area contributed by atoms with Gasteiger partial charge < -0.3 is 19.5 Å². The highest BCUT2D eigenvalue weighted by Crippen LogP contribution is 2.21. The summed E-state index contributed by atoms with van der Waals surface area (Å²) in [6.07, 6.45) is 7.31. The summed E-state index contributed by atoms with van der Waals surface area (Å²) in [5, 5.41) is 3.27. The van der Waals surface area contributed by atoms with Gasteiger partial charge in [-0.25, -0.2) is 0 Å². The standard InChI is InChI=1S/C14H29NO3/c1-15-13(14(16-2)17-3)7-5-4-6-12-8-10-18-11-9-12/h12-15H,4-11H2,1-3H3. The zero-order valence-electron chi connectivity index (χ0n) is 12.1. The van der Waals surface area contributed by atoms with E-state index < -0.39 is 0 Å². The first-order valence-corrected chi connectivity index (χ1v) is 7.12. The van der Waals surface area contributed by atoms with Gasteiger partial charge in [0, 0.05) is 27.4 Å². The number of hydrogen-bond donors (Lipinski definition) is 1. The largest absolute Gasteiger partial charge is 0.381 e. The minimum absolute atomic E-state index is 0.141. The number of nitrogens with one attached hydrogen (secondary N) is 1. The molecule has 1 heterocycles. The average Bonchev–Trinajstić information content (AvgIpc) is 2.43. The molecule has 1 N–H and O–H groups in total. The molecular formula is C14H29NO3. The monoisotopic (exact) mass is 259 g/mol. The fourth-order valence-corrected chi connectivity index (χ4v) is 2.67. The van der Waals surface area contributed by atoms with Gasteiger partial charge in [0.15, 0.2) is 6.29 Å². The van der Waals surface area contributed by atoms with Gasteiger partial charge in [-0.15, -0.1) is 0 Å². The Hall–Kier alpha value is -0.160. The third-order valence-corrected chi connectivity index (χ3v) is 3.88. The fraction of sp³-hybridized carbons (Fsp3) is 1.00. The molecule has 18 heavy (non-hydrogen) atoms. The first kappa shape index (κ1) is 15.9. The predicted molar refractivity (Wildman–Crippen MR) is 72.7 cm³/mol. The summed E-state index contributed by atoms with van der Waals surface area (Å²) >= 11 is 0. The van der Waals surface area contributed by atoms with Gasteiger partial charge >= 0.3 is 0 Å². The minimum Gasteiger partial charge on any atom is -0.381 e. The molecule has 0 aromatic carbocycles. The fourth-order valence-electron chi connectivity index (χ4n) is 2.67. The molecule has 0 amide bonds. The maximum Gasteiger partial charge on any atom is 0.171 e. The molecule has 108 valence electrons. The topological polar surface area (TPSA) is 39.7 Å². The summed E-state index contributed by atoms with van der Waals surface area (Å²) in [4.78, 5) is 0. The molecule has 1 aliphatic heterocycles. The smallest absolute Gasteiger partial charge is 0.171 e. The second-order valence-corrected chi connectivity index (χ2v) is 5.08. The number of unbranched alkanes of at least 4 members (excludes halogenated alkanes) is 1. The molecule has 0 spiro atoms. The summed E-state index contributed by atoms with van der Waals surface area (Å²) in [5.41, 5.74) is 0. The van der Waals surface area contributed by atoms with Crippen molar-refractivity contribution in [3.8, 4) is 0 Å².